The van der Waals surface area contributed by atoms with Gasteiger partial charge in [-0.1, -0.05) is 6.92 Å². The Bertz CT molecular complexity index is 397. The minimum Gasteiger partial charge on any atom is -0.493 e. The molecule has 0 spiro atoms. The van der Waals surface area contributed by atoms with Crippen molar-refractivity contribution in [3.8, 4) is 5.75 Å². The Hall–Kier alpha value is -1.07. The van der Waals surface area contributed by atoms with E-state index in [1.807, 2.05) is 11.6 Å². The first-order chi connectivity index (χ1) is 8.64. The van der Waals surface area contributed by atoms with E-state index >= 15 is 0 Å². The second-order valence-corrected chi connectivity index (χ2v) is 4.80. The first kappa shape index (κ1) is 13.4. The zero-order chi connectivity index (χ0) is 13.2. The van der Waals surface area contributed by atoms with Crippen LogP contribution in [0.3, 0.4) is 0 Å². The van der Waals surface area contributed by atoms with Gasteiger partial charge in [-0.3, -0.25) is 4.68 Å². The minimum atomic E-state index is -0.850. The van der Waals surface area contributed by atoms with Gasteiger partial charge in [0.05, 0.1) is 19.4 Å². The Balaban J connectivity index is 2.19. The maximum Gasteiger partial charge on any atom is 0.162 e. The molecule has 0 amide bonds. The van der Waals surface area contributed by atoms with E-state index in [4.69, 9.17) is 9.47 Å². The molecule has 0 atom stereocenters. The van der Waals surface area contributed by atoms with Gasteiger partial charge in [-0.2, -0.15) is 5.10 Å². The molecule has 0 aromatic carbocycles. The van der Waals surface area contributed by atoms with Gasteiger partial charge in [0.25, 0.3) is 0 Å². The monoisotopic (exact) mass is 254 g/mol. The first-order valence-electron chi connectivity index (χ1n) is 6.58. The first-order valence-corrected chi connectivity index (χ1v) is 6.58. The topological polar surface area (TPSA) is 56.5 Å². The highest BCUT2D eigenvalue weighted by Crippen LogP contribution is 2.46. The lowest BCUT2D eigenvalue weighted by Crippen LogP contribution is -2.47. The van der Waals surface area contributed by atoms with Crippen LogP contribution >= 0.6 is 0 Å². The summed E-state index contributed by atoms with van der Waals surface area (Å²) < 4.78 is 12.7. The van der Waals surface area contributed by atoms with Gasteiger partial charge in [0.1, 0.15) is 11.3 Å². The van der Waals surface area contributed by atoms with E-state index in [-0.39, 0.29) is 6.10 Å². The number of aromatic nitrogens is 2. The van der Waals surface area contributed by atoms with Crippen LogP contribution in [-0.2, 0) is 16.9 Å². The number of methoxy groups -OCH3 is 1. The molecule has 0 radical (unpaired) electrons. The van der Waals surface area contributed by atoms with Gasteiger partial charge < -0.3 is 14.6 Å². The summed E-state index contributed by atoms with van der Waals surface area (Å²) in [7, 11) is 1.61. The second kappa shape index (κ2) is 5.28. The average molecular weight is 254 g/mol. The molecular formula is C13H22N2O3. The van der Waals surface area contributed by atoms with Crippen LogP contribution in [-0.4, -0.2) is 34.7 Å². The maximum absolute atomic E-state index is 10.7. The summed E-state index contributed by atoms with van der Waals surface area (Å²) >= 11 is 0. The highest BCUT2D eigenvalue weighted by atomic mass is 16.5. The van der Waals surface area contributed by atoms with Gasteiger partial charge in [0.2, 0.25) is 0 Å². The van der Waals surface area contributed by atoms with Crippen molar-refractivity contribution >= 4 is 0 Å². The molecule has 18 heavy (non-hydrogen) atoms. The van der Waals surface area contributed by atoms with Crippen LogP contribution in [0.2, 0.25) is 0 Å². The molecule has 1 saturated carbocycles. The van der Waals surface area contributed by atoms with Gasteiger partial charge in [-0.15, -0.1) is 0 Å². The summed E-state index contributed by atoms with van der Waals surface area (Å²) in [6.07, 6.45) is 4.04. The lowest BCUT2D eigenvalue weighted by atomic mass is 9.74. The molecule has 0 bridgehead atoms. The Kier molecular flexibility index (Phi) is 3.92. The molecule has 1 aliphatic rings. The van der Waals surface area contributed by atoms with Crippen molar-refractivity contribution in [2.45, 2.75) is 51.4 Å². The molecule has 0 aliphatic heterocycles. The Labute approximate surface area is 108 Å². The van der Waals surface area contributed by atoms with Crippen molar-refractivity contribution in [3.05, 3.63) is 11.9 Å². The molecule has 1 aliphatic carbocycles. The molecule has 1 fully saturated rings. The number of hydrogen-bond donors (Lipinski definition) is 1. The van der Waals surface area contributed by atoms with E-state index in [0.29, 0.717) is 25.2 Å². The smallest absolute Gasteiger partial charge is 0.162 e. The van der Waals surface area contributed by atoms with Crippen LogP contribution < -0.4 is 4.74 Å². The fourth-order valence-corrected chi connectivity index (χ4v) is 2.61. The number of aliphatic hydroxyl groups is 1. The fourth-order valence-electron chi connectivity index (χ4n) is 2.61. The van der Waals surface area contributed by atoms with Gasteiger partial charge in [-0.05, 0) is 13.3 Å². The summed E-state index contributed by atoms with van der Waals surface area (Å²) in [4.78, 5) is 0. The van der Waals surface area contributed by atoms with Crippen molar-refractivity contribution in [2.24, 2.45) is 0 Å². The van der Waals surface area contributed by atoms with Crippen molar-refractivity contribution in [1.29, 1.82) is 0 Å². The van der Waals surface area contributed by atoms with E-state index in [2.05, 4.69) is 12.0 Å². The van der Waals surface area contributed by atoms with E-state index in [1.54, 1.807) is 13.3 Å². The molecule has 1 aromatic heterocycles. The lowest BCUT2D eigenvalue weighted by molar-refractivity contribution is -0.147. The molecule has 0 saturated heterocycles. The molecule has 1 heterocycles. The second-order valence-electron chi connectivity index (χ2n) is 4.80. The van der Waals surface area contributed by atoms with Crippen LogP contribution in [0.4, 0.5) is 0 Å². The SMILES string of the molecule is CCCn1ncc(OC)c1C1(O)CC(OCC)C1. The van der Waals surface area contributed by atoms with Gasteiger partial charge in [0, 0.05) is 26.0 Å². The van der Waals surface area contributed by atoms with E-state index in [1.165, 1.54) is 0 Å². The number of rotatable bonds is 6. The molecule has 1 N–H and O–H groups in total. The Morgan fingerprint density at radius 1 is 1.50 bits per heavy atom. The van der Waals surface area contributed by atoms with Gasteiger partial charge >= 0.3 is 0 Å². The molecule has 1 aromatic rings. The standard InChI is InChI=1S/C13H22N2O3/c1-4-6-15-12(11(17-3)9-14-15)13(16)7-10(8-13)18-5-2/h9-10,16H,4-8H2,1-3H3. The van der Waals surface area contributed by atoms with Crippen LogP contribution in [0.1, 0.15) is 38.8 Å². The summed E-state index contributed by atoms with van der Waals surface area (Å²) in [6.45, 7) is 5.54. The van der Waals surface area contributed by atoms with Crippen LogP contribution in [0.15, 0.2) is 6.20 Å². The fraction of sp³-hybridized carbons (Fsp3) is 0.769. The summed E-state index contributed by atoms with van der Waals surface area (Å²) in [5, 5.41) is 15.0. The minimum absolute atomic E-state index is 0.148. The van der Waals surface area contributed by atoms with E-state index in [9.17, 15) is 5.11 Å². The molecule has 102 valence electrons. The lowest BCUT2D eigenvalue weighted by Gasteiger charge is -2.43. The Morgan fingerprint density at radius 2 is 2.22 bits per heavy atom. The third kappa shape index (κ3) is 2.24. The third-order valence-electron chi connectivity index (χ3n) is 3.44. The predicted molar refractivity (Wildman–Crippen MR) is 67.6 cm³/mol. The quantitative estimate of drug-likeness (QED) is 0.839. The normalized spacial score (nSPS) is 27.0. The third-order valence-corrected chi connectivity index (χ3v) is 3.44. The highest BCUT2D eigenvalue weighted by molar-refractivity contribution is 5.33. The number of ether oxygens (including phenoxy) is 2. The number of aryl methyl sites for hydroxylation is 1. The maximum atomic E-state index is 10.7. The summed E-state index contributed by atoms with van der Waals surface area (Å²) in [5.41, 5.74) is -0.0561. The van der Waals surface area contributed by atoms with Gasteiger partial charge in [0.15, 0.2) is 5.75 Å². The zero-order valence-corrected chi connectivity index (χ0v) is 11.3. The van der Waals surface area contributed by atoms with Crippen LogP contribution in [0, 0.1) is 0 Å². The molecule has 5 nitrogen and oxygen atoms in total. The van der Waals surface area contributed by atoms with Crippen LogP contribution in [0.25, 0.3) is 0 Å². The van der Waals surface area contributed by atoms with Crippen molar-refractivity contribution < 1.29 is 14.6 Å². The predicted octanol–water partition coefficient (Wildman–Crippen LogP) is 1.69. The summed E-state index contributed by atoms with van der Waals surface area (Å²) in [5.74, 6) is 0.667. The van der Waals surface area contributed by atoms with Crippen molar-refractivity contribution in [1.82, 2.24) is 9.78 Å². The van der Waals surface area contributed by atoms with E-state index < -0.39 is 5.60 Å². The molecule has 5 heteroatoms. The van der Waals surface area contributed by atoms with E-state index in [0.717, 1.165) is 18.7 Å². The summed E-state index contributed by atoms with van der Waals surface area (Å²) in [6, 6.07) is 0. The molecular weight excluding hydrogens is 232 g/mol. The van der Waals surface area contributed by atoms with Gasteiger partial charge in [-0.25, -0.2) is 0 Å². The highest BCUT2D eigenvalue weighted by Gasteiger charge is 2.48. The largest absolute Gasteiger partial charge is 0.493 e. The van der Waals surface area contributed by atoms with Crippen molar-refractivity contribution in [2.75, 3.05) is 13.7 Å². The molecule has 2 rings (SSSR count). The zero-order valence-electron chi connectivity index (χ0n) is 11.3. The Morgan fingerprint density at radius 3 is 2.78 bits per heavy atom. The number of nitrogens with zero attached hydrogens (tertiary/aromatic N) is 2. The average Bonchev–Trinajstić information content (AvgIpc) is 2.71. The number of hydrogen-bond acceptors (Lipinski definition) is 4. The van der Waals surface area contributed by atoms with Crippen LogP contribution in [0.5, 0.6) is 5.75 Å². The molecule has 0 unspecified atom stereocenters. The van der Waals surface area contributed by atoms with Crippen molar-refractivity contribution in [3.63, 3.8) is 0 Å².